The molecule has 0 rings (SSSR count). The van der Waals surface area contributed by atoms with Crippen molar-refractivity contribution in [3.63, 3.8) is 0 Å². The molecule has 0 spiro atoms. The molecule has 32 heavy (non-hydrogen) atoms. The maximum atomic E-state index is 12.6. The summed E-state index contributed by atoms with van der Waals surface area (Å²) in [5, 5.41) is 5.46. The van der Waals surface area contributed by atoms with Crippen LogP contribution in [0.2, 0.25) is 0 Å². The van der Waals surface area contributed by atoms with Gasteiger partial charge in [-0.15, -0.1) is 0 Å². The Hall–Kier alpha value is -1.67. The van der Waals surface area contributed by atoms with Gasteiger partial charge in [0.1, 0.15) is 12.1 Å². The van der Waals surface area contributed by atoms with E-state index in [0.29, 0.717) is 45.2 Å². The zero-order chi connectivity index (χ0) is 24.0. The molecule has 0 aromatic carbocycles. The number of primary amides is 1. The molecule has 8 nitrogen and oxygen atoms in total. The van der Waals surface area contributed by atoms with E-state index in [1.54, 1.807) is 0 Å². The van der Waals surface area contributed by atoms with Gasteiger partial charge >= 0.3 is 0 Å². The monoisotopic (exact) mass is 455 g/mol. The largest absolute Gasteiger partial charge is 0.368 e. The van der Waals surface area contributed by atoms with Crippen molar-refractivity contribution in [3.8, 4) is 0 Å². The summed E-state index contributed by atoms with van der Waals surface area (Å²) >= 11 is 0. The lowest BCUT2D eigenvalue weighted by atomic mass is 10.0. The van der Waals surface area contributed by atoms with E-state index >= 15 is 0 Å². The van der Waals surface area contributed by atoms with E-state index in [9.17, 15) is 14.4 Å². The number of hydrogen-bond donors (Lipinski definition) is 5. The Morgan fingerprint density at radius 3 is 1.59 bits per heavy atom. The van der Waals surface area contributed by atoms with Crippen LogP contribution in [0.1, 0.15) is 110 Å². The summed E-state index contributed by atoms with van der Waals surface area (Å²) in [6.07, 6.45) is 15.8. The molecule has 0 aromatic heterocycles. The van der Waals surface area contributed by atoms with Gasteiger partial charge in [0.25, 0.3) is 0 Å². The molecule has 0 radical (unpaired) electrons. The predicted molar refractivity (Wildman–Crippen MR) is 131 cm³/mol. The third kappa shape index (κ3) is 17.0. The molecule has 0 saturated heterocycles. The summed E-state index contributed by atoms with van der Waals surface area (Å²) in [4.78, 5) is 36.5. The van der Waals surface area contributed by atoms with Gasteiger partial charge in [-0.2, -0.15) is 0 Å². The first-order valence-corrected chi connectivity index (χ1v) is 12.7. The predicted octanol–water partition coefficient (Wildman–Crippen LogP) is 2.62. The molecule has 8 heteroatoms. The first-order valence-electron chi connectivity index (χ1n) is 12.7. The molecule has 0 heterocycles. The van der Waals surface area contributed by atoms with Gasteiger partial charge in [-0.1, -0.05) is 71.1 Å². The van der Waals surface area contributed by atoms with Crippen molar-refractivity contribution in [1.82, 2.24) is 10.6 Å². The van der Waals surface area contributed by atoms with E-state index < -0.39 is 23.9 Å². The Kier molecular flexibility index (Phi) is 20.1. The van der Waals surface area contributed by atoms with E-state index in [-0.39, 0.29) is 5.91 Å². The van der Waals surface area contributed by atoms with Crippen LogP contribution in [0.5, 0.6) is 0 Å². The normalized spacial score (nSPS) is 12.8. The number of rotatable bonds is 22. The minimum Gasteiger partial charge on any atom is -0.368 e. The fourth-order valence-corrected chi connectivity index (χ4v) is 3.69. The van der Waals surface area contributed by atoms with Crippen molar-refractivity contribution in [2.24, 2.45) is 17.2 Å². The summed E-state index contributed by atoms with van der Waals surface area (Å²) in [5.74, 6) is -1.14. The van der Waals surface area contributed by atoms with E-state index in [4.69, 9.17) is 17.2 Å². The topological polar surface area (TPSA) is 153 Å². The summed E-state index contributed by atoms with van der Waals surface area (Å²) in [6, 6.07) is -1.49. The summed E-state index contributed by atoms with van der Waals surface area (Å²) in [5.41, 5.74) is 16.4. The third-order valence-corrected chi connectivity index (χ3v) is 5.71. The molecule has 0 unspecified atom stereocenters. The molecule has 188 valence electrons. The van der Waals surface area contributed by atoms with Crippen LogP contribution in [0.15, 0.2) is 0 Å². The average molecular weight is 456 g/mol. The lowest BCUT2D eigenvalue weighted by Crippen LogP contribution is -2.53. The van der Waals surface area contributed by atoms with Gasteiger partial charge in [-0.3, -0.25) is 14.4 Å². The molecule has 0 aliphatic rings. The molecular weight excluding hydrogens is 406 g/mol. The number of nitrogens with one attached hydrogen (secondary N) is 2. The van der Waals surface area contributed by atoms with E-state index in [2.05, 4.69) is 17.6 Å². The Labute approximate surface area is 195 Å². The Bertz CT molecular complexity index is 502. The second-order valence-electron chi connectivity index (χ2n) is 8.73. The molecule has 0 aromatic rings. The van der Waals surface area contributed by atoms with Crippen molar-refractivity contribution in [2.45, 2.75) is 122 Å². The number of hydrogen-bond acceptors (Lipinski definition) is 5. The first kappa shape index (κ1) is 30.3. The molecule has 0 bridgehead atoms. The van der Waals surface area contributed by atoms with Crippen LogP contribution in [0.4, 0.5) is 0 Å². The Balaban J connectivity index is 4.18. The highest BCUT2D eigenvalue weighted by Crippen LogP contribution is 2.12. The van der Waals surface area contributed by atoms with Gasteiger partial charge in [0.2, 0.25) is 17.7 Å². The number of carbonyl (C=O) groups excluding carboxylic acids is 3. The summed E-state index contributed by atoms with van der Waals surface area (Å²) in [6.45, 7) is 3.07. The van der Waals surface area contributed by atoms with Crippen LogP contribution in [-0.4, -0.2) is 42.9 Å². The van der Waals surface area contributed by atoms with Crippen LogP contribution in [-0.2, 0) is 14.4 Å². The number of nitrogens with two attached hydrogens (primary N) is 3. The third-order valence-electron chi connectivity index (χ3n) is 5.71. The van der Waals surface area contributed by atoms with Crippen LogP contribution >= 0.6 is 0 Å². The molecule has 3 amide bonds. The fourth-order valence-electron chi connectivity index (χ4n) is 3.69. The molecule has 8 N–H and O–H groups in total. The van der Waals surface area contributed by atoms with Crippen molar-refractivity contribution in [3.05, 3.63) is 0 Å². The highest BCUT2D eigenvalue weighted by Gasteiger charge is 2.24. The van der Waals surface area contributed by atoms with E-state index in [1.165, 1.54) is 51.4 Å². The van der Waals surface area contributed by atoms with E-state index in [1.807, 2.05) is 0 Å². The summed E-state index contributed by atoms with van der Waals surface area (Å²) < 4.78 is 0. The molecule has 0 fully saturated rings. The van der Waals surface area contributed by atoms with Crippen molar-refractivity contribution in [2.75, 3.05) is 13.1 Å². The standard InChI is InChI=1S/C24H49N5O3/c1-2-3-4-5-6-7-8-9-10-11-12-17-22(30)28-21(16-14-19-26)24(32)29-20(23(27)31)15-13-18-25/h20-21H,2-19,25-26H2,1H3,(H2,27,31)(H,28,30)(H,29,32)/t20-,21-/m0/s1. The number of unbranched alkanes of at least 4 members (excludes halogenated alkanes) is 10. The molecule has 0 aliphatic carbocycles. The molecular formula is C24H49N5O3. The Morgan fingerprint density at radius 1 is 0.656 bits per heavy atom. The smallest absolute Gasteiger partial charge is 0.243 e. The van der Waals surface area contributed by atoms with Crippen LogP contribution in [0, 0.1) is 0 Å². The van der Waals surface area contributed by atoms with E-state index in [0.717, 1.165) is 19.3 Å². The summed E-state index contributed by atoms with van der Waals surface area (Å²) in [7, 11) is 0. The molecule has 0 saturated carbocycles. The second kappa shape index (κ2) is 21.2. The SMILES string of the molecule is CCCCCCCCCCCCCC(=O)N[C@@H](CCCN)C(=O)N[C@@H](CCCN)C(N)=O. The van der Waals surface area contributed by atoms with Crippen molar-refractivity contribution < 1.29 is 14.4 Å². The zero-order valence-electron chi connectivity index (χ0n) is 20.3. The van der Waals surface area contributed by atoms with Crippen molar-refractivity contribution in [1.29, 1.82) is 0 Å². The first-order chi connectivity index (χ1) is 15.5. The van der Waals surface area contributed by atoms with Gasteiger partial charge in [0.15, 0.2) is 0 Å². The maximum absolute atomic E-state index is 12.6. The molecule has 0 aliphatic heterocycles. The lowest BCUT2D eigenvalue weighted by molar-refractivity contribution is -0.131. The van der Waals surface area contributed by atoms with Gasteiger partial charge in [0, 0.05) is 6.42 Å². The quantitative estimate of drug-likeness (QED) is 0.159. The Morgan fingerprint density at radius 2 is 1.12 bits per heavy atom. The average Bonchev–Trinajstić information content (AvgIpc) is 2.77. The highest BCUT2D eigenvalue weighted by atomic mass is 16.2. The van der Waals surface area contributed by atoms with Gasteiger partial charge in [-0.25, -0.2) is 0 Å². The van der Waals surface area contributed by atoms with Gasteiger partial charge < -0.3 is 27.8 Å². The number of carbonyl (C=O) groups is 3. The van der Waals surface area contributed by atoms with Crippen molar-refractivity contribution >= 4 is 17.7 Å². The van der Waals surface area contributed by atoms with Crippen LogP contribution in [0.25, 0.3) is 0 Å². The highest BCUT2D eigenvalue weighted by molar-refractivity contribution is 5.91. The lowest BCUT2D eigenvalue weighted by Gasteiger charge is -2.22. The maximum Gasteiger partial charge on any atom is 0.243 e. The van der Waals surface area contributed by atoms with Gasteiger partial charge in [-0.05, 0) is 45.2 Å². The fraction of sp³-hybridized carbons (Fsp3) is 0.875. The van der Waals surface area contributed by atoms with Crippen LogP contribution in [0.3, 0.4) is 0 Å². The molecule has 2 atom stereocenters. The minimum absolute atomic E-state index is 0.143. The zero-order valence-corrected chi connectivity index (χ0v) is 20.3. The minimum atomic E-state index is -0.782. The van der Waals surface area contributed by atoms with Gasteiger partial charge in [0.05, 0.1) is 0 Å². The second-order valence-corrected chi connectivity index (χ2v) is 8.73. The van der Waals surface area contributed by atoms with Crippen LogP contribution < -0.4 is 27.8 Å². The number of amides is 3.